The van der Waals surface area contributed by atoms with Gasteiger partial charge in [-0.15, -0.1) is 0 Å². The molecule has 0 rings (SSSR count). The van der Waals surface area contributed by atoms with Gasteiger partial charge in [-0.3, -0.25) is 4.70 Å². The Morgan fingerprint density at radius 2 is 1.50 bits per heavy atom. The van der Waals surface area contributed by atoms with E-state index in [1.54, 1.807) is 13.8 Å². The van der Waals surface area contributed by atoms with Crippen LogP contribution in [0.4, 0.5) is 0 Å². The number of hydrogen-bond donors (Lipinski definition) is 2. The van der Waals surface area contributed by atoms with Gasteiger partial charge in [-0.05, 0) is 0 Å². The summed E-state index contributed by atoms with van der Waals surface area (Å²) >= 11 is 0. The monoisotopic (exact) mass is 230 g/mol. The normalized spacial score (nSPS) is 15.6. The summed E-state index contributed by atoms with van der Waals surface area (Å²) in [6, 6.07) is 0. The van der Waals surface area contributed by atoms with E-state index in [1.807, 2.05) is 0 Å². The maximum Gasteiger partial charge on any atom is 0.375 e. The van der Waals surface area contributed by atoms with Gasteiger partial charge in [-0.2, -0.15) is 0 Å². The number of carbonyl (C=O) groups is 2. The summed E-state index contributed by atoms with van der Waals surface area (Å²) in [5.41, 5.74) is 6.56. The van der Waals surface area contributed by atoms with E-state index < -0.39 is 28.9 Å². The summed E-state index contributed by atoms with van der Waals surface area (Å²) in [4.78, 5) is 22.1. The van der Waals surface area contributed by atoms with Crippen LogP contribution in [0.25, 0.3) is 5.53 Å². The van der Waals surface area contributed by atoms with Gasteiger partial charge in [0.05, 0.1) is 0 Å². The maximum absolute atomic E-state index is 11.2. The quantitative estimate of drug-likeness (QED) is 0.550. The first-order valence-corrected chi connectivity index (χ1v) is 4.95. The Morgan fingerprint density at radius 3 is 1.69 bits per heavy atom. The molecule has 0 saturated carbocycles. The Balaban J connectivity index is 5.54. The first kappa shape index (κ1) is 14.5. The molecule has 0 spiro atoms. The molecule has 0 aromatic carbocycles. The minimum Gasteiger partial charge on any atom is -0.505 e. The number of hydrogen-bond acceptors (Lipinski definition) is 2. The molecule has 2 N–H and O–H groups in total. The van der Waals surface area contributed by atoms with Crippen LogP contribution in [0.1, 0.15) is 34.6 Å². The van der Waals surface area contributed by atoms with Crippen LogP contribution in [0, 0.1) is 5.92 Å². The van der Waals surface area contributed by atoms with Crippen molar-refractivity contribution < 1.29 is 24.5 Å². The molecule has 0 aromatic heterocycles. The number of carboxylic acids is 2. The Kier molecular flexibility index (Phi) is 3.81. The highest BCUT2D eigenvalue weighted by Gasteiger charge is 2.53. The van der Waals surface area contributed by atoms with Crippen molar-refractivity contribution in [1.82, 2.24) is 0 Å². The van der Waals surface area contributed by atoms with E-state index in [-0.39, 0.29) is 0 Å². The fraction of sp³-hybridized carbons (Fsp3) is 0.800. The van der Waals surface area contributed by atoms with E-state index in [2.05, 4.69) is 0 Å². The Hall–Kier alpha value is -1.46. The predicted octanol–water partition coefficient (Wildman–Crippen LogP) is 1.38. The molecule has 0 aliphatic rings. The fourth-order valence-electron chi connectivity index (χ4n) is 1.25. The standard InChI is InChI=1S/C10H18N2O4/c1-6(2)10(5,8(15)16)12(11)9(3,4)7(13)14/h6H,1-5H3,(H,13,14)(H,15,16). The molecule has 1 atom stereocenters. The number of carboxylic acid groups (broad SMARTS) is 2. The third-order valence-corrected chi connectivity index (χ3v) is 3.05. The molecule has 92 valence electrons. The van der Waals surface area contributed by atoms with Crippen LogP contribution in [0.2, 0.25) is 0 Å². The summed E-state index contributed by atoms with van der Waals surface area (Å²) < 4.78 is 0.398. The van der Waals surface area contributed by atoms with Gasteiger partial charge in [0.25, 0.3) is 0 Å². The van der Waals surface area contributed by atoms with Crippen LogP contribution in [-0.2, 0) is 9.59 Å². The average Bonchev–Trinajstić information content (AvgIpc) is 2.14. The molecule has 0 radical (unpaired) electrons. The minimum absolute atomic E-state index is 0.398. The smallest absolute Gasteiger partial charge is 0.375 e. The lowest BCUT2D eigenvalue weighted by atomic mass is 9.85. The molecule has 6 nitrogen and oxygen atoms in total. The first-order chi connectivity index (χ1) is 6.98. The maximum atomic E-state index is 11.2. The molecule has 0 aliphatic carbocycles. The molecule has 0 fully saturated rings. The molecule has 6 heteroatoms. The van der Waals surface area contributed by atoms with Crippen LogP contribution in [0.3, 0.4) is 0 Å². The third-order valence-electron chi connectivity index (χ3n) is 3.05. The van der Waals surface area contributed by atoms with E-state index in [0.717, 1.165) is 0 Å². The lowest BCUT2D eigenvalue weighted by Crippen LogP contribution is -2.59. The highest BCUT2D eigenvalue weighted by molar-refractivity contribution is 5.79. The van der Waals surface area contributed by atoms with E-state index in [9.17, 15) is 15.1 Å². The Labute approximate surface area is 94.4 Å². The van der Waals surface area contributed by atoms with Crippen molar-refractivity contribution in [2.45, 2.75) is 45.7 Å². The van der Waals surface area contributed by atoms with E-state index in [1.165, 1.54) is 20.8 Å². The van der Waals surface area contributed by atoms with Gasteiger partial charge >= 0.3 is 11.9 Å². The number of aliphatic carboxylic acids is 2. The van der Waals surface area contributed by atoms with Crippen LogP contribution in [0.15, 0.2) is 0 Å². The predicted molar refractivity (Wildman–Crippen MR) is 56.2 cm³/mol. The number of nitrogens with zero attached hydrogens (tertiary/aromatic N) is 2. The molecular formula is C10H18N2O4. The zero-order valence-electron chi connectivity index (χ0n) is 10.2. The van der Waals surface area contributed by atoms with Crippen molar-refractivity contribution in [3.05, 3.63) is 5.53 Å². The van der Waals surface area contributed by atoms with Gasteiger partial charge in [-0.25, -0.2) is 9.59 Å². The SMILES string of the molecule is CC(C)C(C)(C(=O)O)[N+](=[N-])C(C)(C)C(=O)O. The van der Waals surface area contributed by atoms with E-state index in [4.69, 9.17) is 10.2 Å². The average molecular weight is 230 g/mol. The van der Waals surface area contributed by atoms with Gasteiger partial charge in [0, 0.05) is 26.7 Å². The lowest BCUT2D eigenvalue weighted by Gasteiger charge is -2.35. The van der Waals surface area contributed by atoms with Crippen molar-refractivity contribution in [2.24, 2.45) is 5.92 Å². The summed E-state index contributed by atoms with van der Waals surface area (Å²) in [5, 5.41) is 18.1. The fourth-order valence-corrected chi connectivity index (χ4v) is 1.25. The van der Waals surface area contributed by atoms with Gasteiger partial charge in [0.2, 0.25) is 11.1 Å². The highest BCUT2D eigenvalue weighted by atomic mass is 16.4. The molecule has 0 amide bonds. The topological polar surface area (TPSA) is 99.9 Å². The molecule has 0 saturated heterocycles. The van der Waals surface area contributed by atoms with E-state index >= 15 is 0 Å². The molecule has 0 heterocycles. The summed E-state index contributed by atoms with van der Waals surface area (Å²) in [6.07, 6.45) is 0. The summed E-state index contributed by atoms with van der Waals surface area (Å²) in [7, 11) is 0. The van der Waals surface area contributed by atoms with Gasteiger partial charge in [0.15, 0.2) is 0 Å². The summed E-state index contributed by atoms with van der Waals surface area (Å²) in [6.45, 7) is 7.01. The Bertz CT molecular complexity index is 336. The van der Waals surface area contributed by atoms with Crippen molar-refractivity contribution in [3.63, 3.8) is 0 Å². The summed E-state index contributed by atoms with van der Waals surface area (Å²) in [5.74, 6) is -3.00. The van der Waals surface area contributed by atoms with Gasteiger partial charge < -0.3 is 15.7 Å². The van der Waals surface area contributed by atoms with Crippen molar-refractivity contribution in [3.8, 4) is 0 Å². The molecule has 0 bridgehead atoms. The second-order valence-electron chi connectivity index (χ2n) is 4.78. The van der Waals surface area contributed by atoms with Crippen LogP contribution >= 0.6 is 0 Å². The first-order valence-electron chi connectivity index (χ1n) is 4.95. The molecule has 1 unspecified atom stereocenters. The van der Waals surface area contributed by atoms with Crippen LogP contribution in [-0.4, -0.2) is 37.9 Å². The molecule has 0 aromatic rings. The zero-order valence-corrected chi connectivity index (χ0v) is 10.2. The third kappa shape index (κ3) is 2.05. The Morgan fingerprint density at radius 1 is 1.12 bits per heavy atom. The van der Waals surface area contributed by atoms with E-state index in [0.29, 0.717) is 4.70 Å². The largest absolute Gasteiger partial charge is 0.505 e. The van der Waals surface area contributed by atoms with Crippen molar-refractivity contribution in [1.29, 1.82) is 0 Å². The van der Waals surface area contributed by atoms with Crippen LogP contribution in [0.5, 0.6) is 0 Å². The lowest BCUT2D eigenvalue weighted by molar-refractivity contribution is -0.667. The zero-order chi connectivity index (χ0) is 13.3. The second kappa shape index (κ2) is 4.19. The molecule has 16 heavy (non-hydrogen) atoms. The second-order valence-corrected chi connectivity index (χ2v) is 4.78. The minimum atomic E-state index is -1.67. The van der Waals surface area contributed by atoms with Crippen molar-refractivity contribution in [2.75, 3.05) is 0 Å². The number of rotatable bonds is 5. The van der Waals surface area contributed by atoms with Crippen LogP contribution < -0.4 is 0 Å². The van der Waals surface area contributed by atoms with Gasteiger partial charge in [0.1, 0.15) is 0 Å². The highest BCUT2D eigenvalue weighted by Crippen LogP contribution is 2.27. The van der Waals surface area contributed by atoms with Crippen molar-refractivity contribution >= 4 is 11.9 Å². The molecular weight excluding hydrogens is 212 g/mol. The molecule has 0 aliphatic heterocycles. The van der Waals surface area contributed by atoms with Gasteiger partial charge in [-0.1, -0.05) is 13.8 Å².